The molecule has 0 spiro atoms. The first-order valence-corrected chi connectivity index (χ1v) is 11.0. The van der Waals surface area contributed by atoms with Crippen LogP contribution in [-0.4, -0.2) is 0 Å². The Bertz CT molecular complexity index is 1160. The van der Waals surface area contributed by atoms with E-state index >= 15 is 0 Å². The largest absolute Gasteiger partial charge is 0.374 e. The van der Waals surface area contributed by atoms with Crippen LogP contribution in [0.25, 0.3) is 36.5 Å². The molecule has 33 heavy (non-hydrogen) atoms. The second kappa shape index (κ2) is 11.6. The molecule has 4 rings (SSSR count). The Kier molecular flexibility index (Phi) is 7.83. The van der Waals surface area contributed by atoms with Crippen molar-refractivity contribution in [3.8, 4) is 0 Å². The first kappa shape index (κ1) is 22.3. The van der Waals surface area contributed by atoms with Gasteiger partial charge in [-0.15, -0.1) is 0 Å². The molecule has 0 aliphatic carbocycles. The van der Waals surface area contributed by atoms with Crippen LogP contribution in [0.1, 0.15) is 38.9 Å². The molecular weight excluding hydrogens is 400 g/mol. The average Bonchev–Trinajstić information content (AvgIpc) is 2.88. The Hall–Kier alpha value is -3.94. The molecule has 1 heteroatoms. The van der Waals surface area contributed by atoms with Crippen LogP contribution in [0.4, 0.5) is 0 Å². The molecule has 0 atom stereocenters. The minimum absolute atomic E-state index is 0.436. The number of ether oxygens (including phenoxy) is 1. The number of hydrogen-bond acceptors (Lipinski definition) is 1. The molecule has 0 unspecified atom stereocenters. The van der Waals surface area contributed by atoms with Gasteiger partial charge in [0, 0.05) is 0 Å². The zero-order valence-electron chi connectivity index (χ0n) is 18.6. The Morgan fingerprint density at radius 1 is 0.485 bits per heavy atom. The first-order valence-electron chi connectivity index (χ1n) is 11.0. The maximum atomic E-state index is 5.35. The van der Waals surface area contributed by atoms with E-state index in [1.807, 2.05) is 42.5 Å². The van der Waals surface area contributed by atoms with E-state index in [0.29, 0.717) is 6.61 Å². The van der Waals surface area contributed by atoms with Crippen LogP contribution in [0.2, 0.25) is 0 Å². The Morgan fingerprint density at radius 3 is 1.24 bits per heavy atom. The third-order valence-corrected chi connectivity index (χ3v) is 5.37. The summed E-state index contributed by atoms with van der Waals surface area (Å²) in [4.78, 5) is 0. The standard InChI is InChI=1S/C32H27O/c1-33-25-32-30(21-19-27-13-7-3-8-14-27)23-29(18-17-26-11-5-2-6-12-26)24-31(32)22-20-28-15-9-4-10-16-28/h2-24H,1,25H2/b18-17+,21-19+,22-20+. The zero-order valence-corrected chi connectivity index (χ0v) is 18.6. The lowest BCUT2D eigenvalue weighted by Crippen LogP contribution is -1.96. The lowest BCUT2D eigenvalue weighted by molar-refractivity contribution is 0.228. The van der Waals surface area contributed by atoms with E-state index in [0.717, 1.165) is 33.4 Å². The molecule has 1 nitrogen and oxygen atoms in total. The summed E-state index contributed by atoms with van der Waals surface area (Å²) in [5, 5.41) is 0. The van der Waals surface area contributed by atoms with Gasteiger partial charge < -0.3 is 4.74 Å². The van der Waals surface area contributed by atoms with Crippen LogP contribution in [-0.2, 0) is 11.3 Å². The summed E-state index contributed by atoms with van der Waals surface area (Å²) in [6.07, 6.45) is 12.9. The van der Waals surface area contributed by atoms with Gasteiger partial charge >= 0.3 is 0 Å². The molecule has 161 valence electrons. The first-order chi connectivity index (χ1) is 16.3. The topological polar surface area (TPSA) is 9.23 Å². The smallest absolute Gasteiger partial charge is 0.0729 e. The maximum absolute atomic E-state index is 5.35. The molecule has 0 aliphatic heterocycles. The van der Waals surface area contributed by atoms with Gasteiger partial charge in [-0.05, 0) is 51.1 Å². The molecule has 4 aromatic carbocycles. The van der Waals surface area contributed by atoms with Gasteiger partial charge in [0.05, 0.1) is 13.7 Å². The normalized spacial score (nSPS) is 11.7. The fourth-order valence-corrected chi connectivity index (χ4v) is 3.66. The van der Waals surface area contributed by atoms with Gasteiger partial charge in [-0.2, -0.15) is 0 Å². The van der Waals surface area contributed by atoms with Crippen LogP contribution < -0.4 is 0 Å². The summed E-state index contributed by atoms with van der Waals surface area (Å²) in [6.45, 7) is 0.436. The van der Waals surface area contributed by atoms with Gasteiger partial charge in [-0.1, -0.05) is 127 Å². The molecule has 4 aromatic rings. The molecule has 0 aromatic heterocycles. The van der Waals surface area contributed by atoms with Crippen LogP contribution in [0.5, 0.6) is 0 Å². The number of rotatable bonds is 8. The highest BCUT2D eigenvalue weighted by Gasteiger charge is 2.07. The average molecular weight is 428 g/mol. The molecule has 0 fully saturated rings. The van der Waals surface area contributed by atoms with Gasteiger partial charge in [0.1, 0.15) is 0 Å². The summed E-state index contributed by atoms with van der Waals surface area (Å²) in [6, 6.07) is 35.4. The molecule has 0 saturated carbocycles. The van der Waals surface area contributed by atoms with Gasteiger partial charge in [-0.3, -0.25) is 0 Å². The van der Waals surface area contributed by atoms with Crippen LogP contribution >= 0.6 is 0 Å². The molecule has 0 saturated heterocycles. The second-order valence-electron chi connectivity index (χ2n) is 7.76. The predicted octanol–water partition coefficient (Wildman–Crippen LogP) is 8.51. The van der Waals surface area contributed by atoms with Gasteiger partial charge in [0.25, 0.3) is 0 Å². The van der Waals surface area contributed by atoms with Crippen molar-refractivity contribution in [2.75, 3.05) is 0 Å². The minimum Gasteiger partial charge on any atom is -0.374 e. The number of benzene rings is 4. The maximum Gasteiger partial charge on any atom is 0.0729 e. The Labute approximate surface area is 197 Å². The van der Waals surface area contributed by atoms with E-state index < -0.39 is 0 Å². The van der Waals surface area contributed by atoms with Crippen molar-refractivity contribution < 1.29 is 4.74 Å². The van der Waals surface area contributed by atoms with Crippen LogP contribution in [0.15, 0.2) is 103 Å². The summed E-state index contributed by atoms with van der Waals surface area (Å²) in [5.74, 6) is 0. The highest BCUT2D eigenvalue weighted by atomic mass is 16.5. The SMILES string of the molecule is [CH2]OCc1c(/C=C/c2ccccc2)cc(/C=C/c2ccccc2)cc1/C=C/c1ccccc1. The highest BCUT2D eigenvalue weighted by molar-refractivity contribution is 5.81. The van der Waals surface area contributed by atoms with Crippen molar-refractivity contribution in [2.45, 2.75) is 6.61 Å². The van der Waals surface area contributed by atoms with Crippen molar-refractivity contribution in [1.29, 1.82) is 0 Å². The van der Waals surface area contributed by atoms with Gasteiger partial charge in [0.15, 0.2) is 0 Å². The quantitative estimate of drug-likeness (QED) is 0.256. The fourth-order valence-electron chi connectivity index (χ4n) is 3.66. The molecule has 0 aliphatic rings. The lowest BCUT2D eigenvalue weighted by Gasteiger charge is -2.12. The van der Waals surface area contributed by atoms with E-state index in [4.69, 9.17) is 4.74 Å². The fraction of sp³-hybridized carbons (Fsp3) is 0.0312. The zero-order chi connectivity index (χ0) is 22.7. The summed E-state index contributed by atoms with van der Waals surface area (Å²) in [5.41, 5.74) is 7.96. The van der Waals surface area contributed by atoms with E-state index in [9.17, 15) is 0 Å². The summed E-state index contributed by atoms with van der Waals surface area (Å²) < 4.78 is 5.35. The monoisotopic (exact) mass is 427 g/mol. The summed E-state index contributed by atoms with van der Waals surface area (Å²) in [7, 11) is 3.64. The van der Waals surface area contributed by atoms with Gasteiger partial charge in [-0.25, -0.2) is 0 Å². The molecule has 1 radical (unpaired) electrons. The third kappa shape index (κ3) is 6.52. The predicted molar refractivity (Wildman–Crippen MR) is 143 cm³/mol. The molecule has 0 amide bonds. The lowest BCUT2D eigenvalue weighted by atomic mass is 9.95. The van der Waals surface area contributed by atoms with Crippen LogP contribution in [0, 0.1) is 7.11 Å². The molecule has 0 N–H and O–H groups in total. The third-order valence-electron chi connectivity index (χ3n) is 5.37. The van der Waals surface area contributed by atoms with Crippen LogP contribution in [0.3, 0.4) is 0 Å². The minimum atomic E-state index is 0.436. The van der Waals surface area contributed by atoms with Crippen molar-refractivity contribution in [3.63, 3.8) is 0 Å². The molecular formula is C32H27O. The highest BCUT2D eigenvalue weighted by Crippen LogP contribution is 2.25. The van der Waals surface area contributed by atoms with E-state index in [1.165, 1.54) is 5.56 Å². The second-order valence-corrected chi connectivity index (χ2v) is 7.76. The Morgan fingerprint density at radius 2 is 0.848 bits per heavy atom. The van der Waals surface area contributed by atoms with Gasteiger partial charge in [0.2, 0.25) is 0 Å². The van der Waals surface area contributed by atoms with Crippen molar-refractivity contribution in [1.82, 2.24) is 0 Å². The van der Waals surface area contributed by atoms with Crippen molar-refractivity contribution in [2.24, 2.45) is 0 Å². The van der Waals surface area contributed by atoms with Crippen molar-refractivity contribution in [3.05, 3.63) is 149 Å². The van der Waals surface area contributed by atoms with E-state index in [-0.39, 0.29) is 0 Å². The van der Waals surface area contributed by atoms with Crippen molar-refractivity contribution >= 4 is 36.5 Å². The number of hydrogen-bond donors (Lipinski definition) is 0. The van der Waals surface area contributed by atoms with E-state index in [1.54, 1.807) is 0 Å². The molecule has 0 heterocycles. The van der Waals surface area contributed by atoms with E-state index in [2.05, 4.69) is 104 Å². The molecule has 0 bridgehead atoms. The summed E-state index contributed by atoms with van der Waals surface area (Å²) >= 11 is 0. The Balaban J connectivity index is 1.77.